The highest BCUT2D eigenvalue weighted by molar-refractivity contribution is 7.99. The first kappa shape index (κ1) is 17.2. The van der Waals surface area contributed by atoms with E-state index in [0.29, 0.717) is 0 Å². The lowest BCUT2D eigenvalue weighted by Crippen LogP contribution is -2.37. The molecule has 0 spiro atoms. The Hall–Kier alpha value is -1.16. The molecule has 4 heteroatoms. The normalized spacial score (nSPS) is 17.0. The van der Waals surface area contributed by atoms with Gasteiger partial charge in [0.2, 0.25) is 0 Å². The van der Waals surface area contributed by atoms with Crippen LogP contribution >= 0.6 is 11.8 Å². The summed E-state index contributed by atoms with van der Waals surface area (Å²) in [5.74, 6) is 1.71. The number of thioether (sulfide) groups is 1. The standard InChI is InChI=1S/C18H27NO2S/c1-14-7-6-8-16(13-14)21-15(2)18(20)19-11-12-22-17-9-4-3-5-10-17/h6-8,13,15,17H,3-5,9-12H2,1-2H3,(H,19,20). The topological polar surface area (TPSA) is 38.3 Å². The number of carbonyl (C=O) groups excluding carboxylic acids is 1. The van der Waals surface area contributed by atoms with Gasteiger partial charge >= 0.3 is 0 Å². The second kappa shape index (κ2) is 9.09. The molecule has 0 heterocycles. The summed E-state index contributed by atoms with van der Waals surface area (Å²) in [7, 11) is 0. The molecule has 1 aliphatic rings. The van der Waals surface area contributed by atoms with Gasteiger partial charge in [-0.25, -0.2) is 0 Å². The second-order valence-corrected chi connectivity index (χ2v) is 7.41. The number of amides is 1. The van der Waals surface area contributed by atoms with Crippen LogP contribution in [0.1, 0.15) is 44.6 Å². The predicted molar refractivity (Wildman–Crippen MR) is 93.6 cm³/mol. The van der Waals surface area contributed by atoms with Crippen LogP contribution in [0.15, 0.2) is 24.3 Å². The second-order valence-electron chi connectivity index (χ2n) is 6.00. The summed E-state index contributed by atoms with van der Waals surface area (Å²) < 4.78 is 5.69. The van der Waals surface area contributed by atoms with Crippen LogP contribution in [0.5, 0.6) is 5.75 Å². The maximum atomic E-state index is 12.0. The van der Waals surface area contributed by atoms with Crippen LogP contribution in [0.2, 0.25) is 0 Å². The predicted octanol–water partition coefficient (Wildman–Crippen LogP) is 3.94. The number of carbonyl (C=O) groups is 1. The Labute approximate surface area is 138 Å². The van der Waals surface area contributed by atoms with Crippen LogP contribution in [0.4, 0.5) is 0 Å². The molecule has 0 aromatic heterocycles. The molecule has 1 atom stereocenters. The molecule has 1 unspecified atom stereocenters. The molecular formula is C18H27NO2S. The number of rotatable bonds is 7. The van der Waals surface area contributed by atoms with Crippen molar-refractivity contribution in [2.75, 3.05) is 12.3 Å². The quantitative estimate of drug-likeness (QED) is 0.773. The smallest absolute Gasteiger partial charge is 0.260 e. The minimum atomic E-state index is -0.457. The number of aryl methyl sites for hydroxylation is 1. The highest BCUT2D eigenvalue weighted by Gasteiger charge is 2.16. The van der Waals surface area contributed by atoms with Gasteiger partial charge in [0, 0.05) is 17.5 Å². The van der Waals surface area contributed by atoms with Crippen LogP contribution in [0.3, 0.4) is 0 Å². The van der Waals surface area contributed by atoms with Crippen LogP contribution in [-0.4, -0.2) is 29.6 Å². The van der Waals surface area contributed by atoms with Gasteiger partial charge in [-0.15, -0.1) is 0 Å². The van der Waals surface area contributed by atoms with Crippen molar-refractivity contribution in [2.45, 2.75) is 57.3 Å². The monoisotopic (exact) mass is 321 g/mol. The van der Waals surface area contributed by atoms with Gasteiger partial charge < -0.3 is 10.1 Å². The van der Waals surface area contributed by atoms with Crippen molar-refractivity contribution in [1.29, 1.82) is 0 Å². The lowest BCUT2D eigenvalue weighted by molar-refractivity contribution is -0.127. The van der Waals surface area contributed by atoms with Gasteiger partial charge in [-0.05, 0) is 44.4 Å². The molecule has 1 amide bonds. The fourth-order valence-electron chi connectivity index (χ4n) is 2.72. The lowest BCUT2D eigenvalue weighted by atomic mass is 10.0. The van der Waals surface area contributed by atoms with E-state index in [2.05, 4.69) is 5.32 Å². The number of benzene rings is 1. The summed E-state index contributed by atoms with van der Waals surface area (Å²) in [4.78, 5) is 12.0. The third kappa shape index (κ3) is 5.91. The Balaban J connectivity index is 1.63. The molecule has 1 aromatic rings. The summed E-state index contributed by atoms with van der Waals surface area (Å²) in [6.45, 7) is 4.54. The van der Waals surface area contributed by atoms with Gasteiger partial charge in [0.05, 0.1) is 0 Å². The zero-order valence-corrected chi connectivity index (χ0v) is 14.5. The summed E-state index contributed by atoms with van der Waals surface area (Å²) >= 11 is 2.00. The first-order valence-electron chi connectivity index (χ1n) is 8.28. The van der Waals surface area contributed by atoms with E-state index >= 15 is 0 Å². The average Bonchev–Trinajstić information content (AvgIpc) is 2.52. The van der Waals surface area contributed by atoms with Gasteiger partial charge in [-0.2, -0.15) is 11.8 Å². The summed E-state index contributed by atoms with van der Waals surface area (Å²) in [6, 6.07) is 7.79. The number of hydrogen-bond donors (Lipinski definition) is 1. The molecule has 22 heavy (non-hydrogen) atoms. The molecule has 122 valence electrons. The molecule has 0 aliphatic heterocycles. The molecule has 1 aliphatic carbocycles. The molecule has 1 saturated carbocycles. The van der Waals surface area contributed by atoms with Crippen molar-refractivity contribution in [2.24, 2.45) is 0 Å². The zero-order valence-electron chi connectivity index (χ0n) is 13.6. The van der Waals surface area contributed by atoms with Gasteiger partial charge in [-0.1, -0.05) is 31.4 Å². The number of ether oxygens (including phenoxy) is 1. The molecule has 1 N–H and O–H groups in total. The van der Waals surface area contributed by atoms with Crippen LogP contribution in [-0.2, 0) is 4.79 Å². The van der Waals surface area contributed by atoms with E-state index in [0.717, 1.165) is 28.9 Å². The highest BCUT2D eigenvalue weighted by Crippen LogP contribution is 2.27. The molecule has 1 fully saturated rings. The Morgan fingerprint density at radius 3 is 2.86 bits per heavy atom. The molecule has 0 bridgehead atoms. The molecule has 0 radical (unpaired) electrons. The van der Waals surface area contributed by atoms with Crippen molar-refractivity contribution in [3.8, 4) is 5.75 Å². The third-order valence-electron chi connectivity index (χ3n) is 3.98. The first-order chi connectivity index (χ1) is 10.6. The van der Waals surface area contributed by atoms with Crippen molar-refractivity contribution >= 4 is 17.7 Å². The van der Waals surface area contributed by atoms with E-state index in [1.807, 2.05) is 43.0 Å². The van der Waals surface area contributed by atoms with Gasteiger partial charge in [0.1, 0.15) is 5.75 Å². The Morgan fingerprint density at radius 1 is 1.36 bits per heavy atom. The zero-order chi connectivity index (χ0) is 15.8. The Morgan fingerprint density at radius 2 is 2.14 bits per heavy atom. The van der Waals surface area contributed by atoms with Gasteiger partial charge in [0.25, 0.3) is 5.91 Å². The molecule has 3 nitrogen and oxygen atoms in total. The maximum absolute atomic E-state index is 12.0. The van der Waals surface area contributed by atoms with Gasteiger partial charge in [-0.3, -0.25) is 4.79 Å². The largest absolute Gasteiger partial charge is 0.481 e. The molecule has 0 saturated heterocycles. The van der Waals surface area contributed by atoms with Gasteiger partial charge in [0.15, 0.2) is 6.10 Å². The lowest BCUT2D eigenvalue weighted by Gasteiger charge is -2.21. The Bertz CT molecular complexity index is 472. The highest BCUT2D eigenvalue weighted by atomic mass is 32.2. The minimum Gasteiger partial charge on any atom is -0.481 e. The van der Waals surface area contributed by atoms with E-state index in [9.17, 15) is 4.79 Å². The average molecular weight is 321 g/mol. The molecule has 1 aromatic carbocycles. The van der Waals surface area contributed by atoms with Crippen LogP contribution < -0.4 is 10.1 Å². The summed E-state index contributed by atoms with van der Waals surface area (Å²) in [6.07, 6.45) is 6.34. The number of hydrogen-bond acceptors (Lipinski definition) is 3. The molecular weight excluding hydrogens is 294 g/mol. The fraction of sp³-hybridized carbons (Fsp3) is 0.611. The van der Waals surface area contributed by atoms with E-state index in [1.54, 1.807) is 6.92 Å². The Kier molecular flexibility index (Phi) is 7.10. The fourth-order valence-corrected chi connectivity index (χ4v) is 3.94. The number of nitrogens with one attached hydrogen (secondary N) is 1. The first-order valence-corrected chi connectivity index (χ1v) is 9.32. The van der Waals surface area contributed by atoms with E-state index in [1.165, 1.54) is 32.1 Å². The summed E-state index contributed by atoms with van der Waals surface area (Å²) in [5.41, 5.74) is 1.13. The van der Waals surface area contributed by atoms with Crippen molar-refractivity contribution in [3.05, 3.63) is 29.8 Å². The minimum absolute atomic E-state index is 0.0363. The summed E-state index contributed by atoms with van der Waals surface area (Å²) in [5, 5.41) is 3.77. The van der Waals surface area contributed by atoms with E-state index in [-0.39, 0.29) is 5.91 Å². The van der Waals surface area contributed by atoms with E-state index < -0.39 is 6.10 Å². The third-order valence-corrected chi connectivity index (χ3v) is 5.36. The van der Waals surface area contributed by atoms with Crippen molar-refractivity contribution < 1.29 is 9.53 Å². The maximum Gasteiger partial charge on any atom is 0.260 e. The van der Waals surface area contributed by atoms with Crippen molar-refractivity contribution in [1.82, 2.24) is 5.32 Å². The van der Waals surface area contributed by atoms with Crippen LogP contribution in [0.25, 0.3) is 0 Å². The molecule has 2 rings (SSSR count). The van der Waals surface area contributed by atoms with Crippen molar-refractivity contribution in [3.63, 3.8) is 0 Å². The van der Waals surface area contributed by atoms with Crippen LogP contribution in [0, 0.1) is 6.92 Å². The SMILES string of the molecule is Cc1cccc(OC(C)C(=O)NCCSC2CCCCC2)c1. The van der Waals surface area contributed by atoms with E-state index in [4.69, 9.17) is 4.74 Å².